The van der Waals surface area contributed by atoms with Crippen LogP contribution in [-0.4, -0.2) is 11.3 Å². The molecule has 1 rings (SSSR count). The van der Waals surface area contributed by atoms with Crippen molar-refractivity contribution in [3.8, 4) is 0 Å². The molecule has 74 valence electrons. The maximum Gasteiger partial charge on any atom is 0.0456 e. The third-order valence-corrected chi connectivity index (χ3v) is 4.01. The van der Waals surface area contributed by atoms with Crippen molar-refractivity contribution in [3.63, 3.8) is 0 Å². The Morgan fingerprint density at radius 2 is 2.08 bits per heavy atom. The quantitative estimate of drug-likeness (QED) is 0.834. The van der Waals surface area contributed by atoms with Gasteiger partial charge in [-0.2, -0.15) is 11.3 Å². The Labute approximate surface area is 88.7 Å². The highest BCUT2D eigenvalue weighted by molar-refractivity contribution is 8.00. The second-order valence-electron chi connectivity index (χ2n) is 3.52. The van der Waals surface area contributed by atoms with Gasteiger partial charge in [-0.1, -0.05) is 13.8 Å². The molecule has 1 nitrogen and oxygen atoms in total. The average Bonchev–Trinajstić information content (AvgIpc) is 2.50. The average molecular weight is 215 g/mol. The predicted octanol–water partition coefficient (Wildman–Crippen LogP) is 3.28. The first-order chi connectivity index (χ1) is 6.11. The van der Waals surface area contributed by atoms with Crippen molar-refractivity contribution in [1.29, 1.82) is 0 Å². The topological polar surface area (TPSA) is 26.0 Å². The van der Waals surface area contributed by atoms with E-state index >= 15 is 0 Å². The molecule has 0 aliphatic carbocycles. The summed E-state index contributed by atoms with van der Waals surface area (Å²) in [6.07, 6.45) is 0. The molecular formula is C10H17NS2. The molecule has 0 aliphatic heterocycles. The molecular weight excluding hydrogens is 198 g/mol. The van der Waals surface area contributed by atoms with Crippen LogP contribution < -0.4 is 5.73 Å². The lowest BCUT2D eigenvalue weighted by Crippen LogP contribution is -2.23. The van der Waals surface area contributed by atoms with Crippen LogP contribution in [0.3, 0.4) is 0 Å². The van der Waals surface area contributed by atoms with Crippen LogP contribution in [0.25, 0.3) is 0 Å². The fraction of sp³-hybridized carbons (Fsp3) is 0.600. The van der Waals surface area contributed by atoms with Crippen LogP contribution >= 0.6 is 23.1 Å². The van der Waals surface area contributed by atoms with E-state index < -0.39 is 0 Å². The van der Waals surface area contributed by atoms with E-state index in [0.29, 0.717) is 10.5 Å². The zero-order chi connectivity index (χ0) is 9.84. The smallest absolute Gasteiger partial charge is 0.0456 e. The van der Waals surface area contributed by atoms with Crippen molar-refractivity contribution in [2.24, 2.45) is 5.73 Å². The molecule has 1 aromatic heterocycles. The van der Waals surface area contributed by atoms with Gasteiger partial charge in [0.2, 0.25) is 0 Å². The summed E-state index contributed by atoms with van der Waals surface area (Å²) in [6, 6.07) is 2.40. The van der Waals surface area contributed by atoms with Crippen LogP contribution in [0.1, 0.15) is 31.6 Å². The third kappa shape index (κ3) is 3.33. The van der Waals surface area contributed by atoms with Crippen molar-refractivity contribution < 1.29 is 0 Å². The van der Waals surface area contributed by atoms with Gasteiger partial charge in [-0.3, -0.25) is 0 Å². The number of hydrogen-bond donors (Lipinski definition) is 1. The lowest BCUT2D eigenvalue weighted by Gasteiger charge is -2.21. The fourth-order valence-electron chi connectivity index (χ4n) is 1.24. The van der Waals surface area contributed by atoms with Gasteiger partial charge in [0.15, 0.2) is 0 Å². The van der Waals surface area contributed by atoms with Gasteiger partial charge < -0.3 is 5.73 Å². The summed E-state index contributed by atoms with van der Waals surface area (Å²) in [7, 11) is 0. The van der Waals surface area contributed by atoms with Crippen LogP contribution in [0.5, 0.6) is 0 Å². The van der Waals surface area contributed by atoms with E-state index in [1.54, 1.807) is 11.3 Å². The van der Waals surface area contributed by atoms with E-state index in [2.05, 4.69) is 37.6 Å². The molecule has 0 aliphatic rings. The molecule has 0 fully saturated rings. The van der Waals surface area contributed by atoms with Gasteiger partial charge in [0, 0.05) is 11.3 Å². The van der Waals surface area contributed by atoms with Gasteiger partial charge in [0.25, 0.3) is 0 Å². The van der Waals surface area contributed by atoms with Gasteiger partial charge in [-0.05, 0) is 34.6 Å². The van der Waals surface area contributed by atoms with Crippen molar-refractivity contribution >= 4 is 23.1 Å². The SMILES string of the molecule is CC(C)SC(c1ccsc1)C(C)N. The molecule has 1 heterocycles. The lowest BCUT2D eigenvalue weighted by molar-refractivity contribution is 0.720. The monoisotopic (exact) mass is 215 g/mol. The first-order valence-corrected chi connectivity index (χ1v) is 6.43. The van der Waals surface area contributed by atoms with E-state index in [1.807, 2.05) is 11.8 Å². The minimum Gasteiger partial charge on any atom is -0.327 e. The number of rotatable bonds is 4. The van der Waals surface area contributed by atoms with E-state index in [1.165, 1.54) is 5.56 Å². The molecule has 0 aromatic carbocycles. The maximum absolute atomic E-state index is 5.96. The summed E-state index contributed by atoms with van der Waals surface area (Å²) in [5, 5.41) is 5.40. The summed E-state index contributed by atoms with van der Waals surface area (Å²) in [5.74, 6) is 0. The summed E-state index contributed by atoms with van der Waals surface area (Å²) < 4.78 is 0. The van der Waals surface area contributed by atoms with Crippen LogP contribution in [0, 0.1) is 0 Å². The van der Waals surface area contributed by atoms with Gasteiger partial charge in [-0.25, -0.2) is 0 Å². The summed E-state index contributed by atoms with van der Waals surface area (Å²) >= 11 is 3.69. The number of hydrogen-bond acceptors (Lipinski definition) is 3. The molecule has 2 atom stereocenters. The molecule has 3 heteroatoms. The van der Waals surface area contributed by atoms with E-state index in [4.69, 9.17) is 5.73 Å². The molecule has 2 unspecified atom stereocenters. The fourth-order valence-corrected chi connectivity index (χ4v) is 3.16. The Kier molecular flexibility index (Phi) is 4.29. The Balaban J connectivity index is 2.69. The Bertz CT molecular complexity index is 229. The van der Waals surface area contributed by atoms with E-state index in [0.717, 1.165) is 0 Å². The summed E-state index contributed by atoms with van der Waals surface area (Å²) in [6.45, 7) is 6.51. The minimum absolute atomic E-state index is 0.224. The normalized spacial score (nSPS) is 16.1. The Morgan fingerprint density at radius 3 is 2.46 bits per heavy atom. The molecule has 0 radical (unpaired) electrons. The second-order valence-corrected chi connectivity index (χ2v) is 6.02. The van der Waals surface area contributed by atoms with Gasteiger partial charge in [0.05, 0.1) is 0 Å². The zero-order valence-electron chi connectivity index (χ0n) is 8.36. The van der Waals surface area contributed by atoms with Crippen LogP contribution in [0.4, 0.5) is 0 Å². The molecule has 13 heavy (non-hydrogen) atoms. The predicted molar refractivity (Wildman–Crippen MR) is 63.4 cm³/mol. The Morgan fingerprint density at radius 1 is 1.38 bits per heavy atom. The standard InChI is InChI=1S/C10H17NS2/c1-7(2)13-10(8(3)11)9-4-5-12-6-9/h4-8,10H,11H2,1-3H3. The molecule has 0 amide bonds. The van der Waals surface area contributed by atoms with E-state index in [-0.39, 0.29) is 6.04 Å². The van der Waals surface area contributed by atoms with Gasteiger partial charge >= 0.3 is 0 Å². The first kappa shape index (κ1) is 11.1. The lowest BCUT2D eigenvalue weighted by atomic mass is 10.1. The van der Waals surface area contributed by atoms with Gasteiger partial charge in [0.1, 0.15) is 0 Å². The Hall–Kier alpha value is 0.01000. The highest BCUT2D eigenvalue weighted by Gasteiger charge is 2.18. The largest absolute Gasteiger partial charge is 0.327 e. The van der Waals surface area contributed by atoms with Crippen molar-refractivity contribution in [2.45, 2.75) is 37.3 Å². The van der Waals surface area contributed by atoms with Crippen LogP contribution in [0.2, 0.25) is 0 Å². The third-order valence-electron chi connectivity index (χ3n) is 1.77. The minimum atomic E-state index is 0.224. The maximum atomic E-state index is 5.96. The van der Waals surface area contributed by atoms with Crippen molar-refractivity contribution in [3.05, 3.63) is 22.4 Å². The van der Waals surface area contributed by atoms with Crippen LogP contribution in [0.15, 0.2) is 16.8 Å². The highest BCUT2D eigenvalue weighted by Crippen LogP contribution is 2.35. The number of thiophene rings is 1. The summed E-state index contributed by atoms with van der Waals surface area (Å²) in [5.41, 5.74) is 7.33. The number of thioether (sulfide) groups is 1. The molecule has 0 saturated carbocycles. The number of nitrogens with two attached hydrogens (primary N) is 1. The van der Waals surface area contributed by atoms with Crippen molar-refractivity contribution in [1.82, 2.24) is 0 Å². The summed E-state index contributed by atoms with van der Waals surface area (Å²) in [4.78, 5) is 0. The second kappa shape index (κ2) is 5.03. The molecule has 0 spiro atoms. The molecule has 1 aromatic rings. The van der Waals surface area contributed by atoms with Crippen LogP contribution in [-0.2, 0) is 0 Å². The molecule has 2 N–H and O–H groups in total. The first-order valence-electron chi connectivity index (χ1n) is 4.54. The molecule has 0 bridgehead atoms. The zero-order valence-corrected chi connectivity index (χ0v) is 9.99. The van der Waals surface area contributed by atoms with Gasteiger partial charge in [-0.15, -0.1) is 11.8 Å². The highest BCUT2D eigenvalue weighted by atomic mass is 32.2. The van der Waals surface area contributed by atoms with E-state index in [9.17, 15) is 0 Å². The molecule has 0 saturated heterocycles. The van der Waals surface area contributed by atoms with Crippen molar-refractivity contribution in [2.75, 3.05) is 0 Å².